The molecule has 0 unspecified atom stereocenters. The van der Waals surface area contributed by atoms with E-state index in [0.717, 1.165) is 0 Å². The average Bonchev–Trinajstić information content (AvgIpc) is 2.24. The van der Waals surface area contributed by atoms with E-state index in [2.05, 4.69) is 40.7 Å². The summed E-state index contributed by atoms with van der Waals surface area (Å²) in [6, 6.07) is 0. The van der Waals surface area contributed by atoms with Gasteiger partial charge in [-0.25, -0.2) is 0 Å². The van der Waals surface area contributed by atoms with Crippen LogP contribution in [0.5, 0.6) is 0 Å². The average molecular weight is 242 g/mol. The highest BCUT2D eigenvalue weighted by molar-refractivity contribution is 5.00. The lowest BCUT2D eigenvalue weighted by molar-refractivity contribution is -0.102. The maximum absolute atomic E-state index is 5.85. The van der Waals surface area contributed by atoms with Crippen molar-refractivity contribution in [1.29, 1.82) is 0 Å². The number of hydrogen-bond acceptors (Lipinski definition) is 2. The smallest absolute Gasteiger partial charge is 0.146 e. The van der Waals surface area contributed by atoms with Crippen molar-refractivity contribution < 1.29 is 9.47 Å². The van der Waals surface area contributed by atoms with Gasteiger partial charge in [0.15, 0.2) is 0 Å². The minimum atomic E-state index is 0.261. The standard InChI is InChI=1S/C15H30O2/c1-7-8-9-14(10-12(2)3)15(13(4)5)17-11-16-6/h10,13-15H,7-9,11H2,1-6H3/t14-,15-/m0/s1. The lowest BCUT2D eigenvalue weighted by Crippen LogP contribution is -2.29. The molecular formula is C15H30O2. The first-order valence-corrected chi connectivity index (χ1v) is 6.78. The Bertz CT molecular complexity index is 205. The summed E-state index contributed by atoms with van der Waals surface area (Å²) in [6.07, 6.45) is 6.32. The van der Waals surface area contributed by atoms with E-state index in [9.17, 15) is 0 Å². The van der Waals surface area contributed by atoms with Crippen molar-refractivity contribution in [2.24, 2.45) is 11.8 Å². The van der Waals surface area contributed by atoms with Crippen LogP contribution in [0.2, 0.25) is 0 Å². The fourth-order valence-electron chi connectivity index (χ4n) is 2.17. The highest BCUT2D eigenvalue weighted by Crippen LogP contribution is 2.24. The number of hydrogen-bond donors (Lipinski definition) is 0. The van der Waals surface area contributed by atoms with Crippen molar-refractivity contribution in [3.8, 4) is 0 Å². The molecule has 0 rings (SSSR count). The predicted octanol–water partition coefficient (Wildman–Crippen LogP) is 4.40. The van der Waals surface area contributed by atoms with Crippen LogP contribution in [0.3, 0.4) is 0 Å². The Morgan fingerprint density at radius 2 is 1.88 bits per heavy atom. The maximum Gasteiger partial charge on any atom is 0.146 e. The fourth-order valence-corrected chi connectivity index (χ4v) is 2.17. The topological polar surface area (TPSA) is 18.5 Å². The molecule has 2 heteroatoms. The highest BCUT2D eigenvalue weighted by atomic mass is 16.7. The van der Waals surface area contributed by atoms with Gasteiger partial charge in [-0.05, 0) is 26.2 Å². The quantitative estimate of drug-likeness (QED) is 0.440. The second-order valence-electron chi connectivity index (χ2n) is 5.33. The van der Waals surface area contributed by atoms with Gasteiger partial charge in [0, 0.05) is 13.0 Å². The summed E-state index contributed by atoms with van der Waals surface area (Å²) in [4.78, 5) is 0. The minimum absolute atomic E-state index is 0.261. The lowest BCUT2D eigenvalue weighted by atomic mass is 9.87. The van der Waals surface area contributed by atoms with Gasteiger partial charge in [-0.15, -0.1) is 0 Å². The third-order valence-corrected chi connectivity index (χ3v) is 2.90. The van der Waals surface area contributed by atoms with Crippen LogP contribution in [-0.2, 0) is 9.47 Å². The molecule has 0 aromatic rings. The minimum Gasteiger partial charge on any atom is -0.359 e. The molecule has 0 radical (unpaired) electrons. The van der Waals surface area contributed by atoms with Crippen LogP contribution in [-0.4, -0.2) is 20.0 Å². The first kappa shape index (κ1) is 16.7. The van der Waals surface area contributed by atoms with Crippen LogP contribution in [0, 0.1) is 11.8 Å². The predicted molar refractivity (Wildman–Crippen MR) is 74.0 cm³/mol. The molecule has 0 aliphatic heterocycles. The van der Waals surface area contributed by atoms with E-state index in [1.807, 2.05) is 0 Å². The van der Waals surface area contributed by atoms with E-state index in [-0.39, 0.29) is 6.10 Å². The van der Waals surface area contributed by atoms with Gasteiger partial charge in [0.1, 0.15) is 6.79 Å². The van der Waals surface area contributed by atoms with Crippen molar-refractivity contribution in [2.45, 2.75) is 60.0 Å². The largest absolute Gasteiger partial charge is 0.359 e. The van der Waals surface area contributed by atoms with Crippen molar-refractivity contribution in [3.05, 3.63) is 11.6 Å². The van der Waals surface area contributed by atoms with Gasteiger partial charge < -0.3 is 9.47 Å². The molecule has 2 atom stereocenters. The zero-order valence-corrected chi connectivity index (χ0v) is 12.5. The van der Waals surface area contributed by atoms with E-state index in [4.69, 9.17) is 9.47 Å². The molecule has 0 saturated carbocycles. The first-order chi connectivity index (χ1) is 8.02. The fraction of sp³-hybridized carbons (Fsp3) is 0.867. The Hall–Kier alpha value is -0.340. The SMILES string of the molecule is CCCC[C@@H](C=C(C)C)[C@@H](OCOC)C(C)C. The summed E-state index contributed by atoms with van der Waals surface area (Å²) in [7, 11) is 1.68. The summed E-state index contributed by atoms with van der Waals surface area (Å²) >= 11 is 0. The molecule has 0 heterocycles. The first-order valence-electron chi connectivity index (χ1n) is 6.78. The molecule has 0 bridgehead atoms. The Morgan fingerprint density at radius 3 is 2.29 bits per heavy atom. The molecular weight excluding hydrogens is 212 g/mol. The number of rotatable bonds is 9. The molecule has 0 amide bonds. The van der Waals surface area contributed by atoms with Crippen LogP contribution < -0.4 is 0 Å². The summed E-state index contributed by atoms with van der Waals surface area (Å²) in [5.41, 5.74) is 1.37. The zero-order chi connectivity index (χ0) is 13.3. The van der Waals surface area contributed by atoms with E-state index in [0.29, 0.717) is 18.6 Å². The van der Waals surface area contributed by atoms with Crippen molar-refractivity contribution in [3.63, 3.8) is 0 Å². The highest BCUT2D eigenvalue weighted by Gasteiger charge is 2.23. The molecule has 0 aromatic carbocycles. The molecule has 0 N–H and O–H groups in total. The van der Waals surface area contributed by atoms with Gasteiger partial charge >= 0.3 is 0 Å². The number of ether oxygens (including phenoxy) is 2. The van der Waals surface area contributed by atoms with E-state index >= 15 is 0 Å². The second kappa shape index (κ2) is 9.67. The molecule has 0 saturated heterocycles. The summed E-state index contributed by atoms with van der Waals surface area (Å²) < 4.78 is 10.9. The van der Waals surface area contributed by atoms with E-state index < -0.39 is 0 Å². The zero-order valence-electron chi connectivity index (χ0n) is 12.5. The van der Waals surface area contributed by atoms with Gasteiger partial charge in [0.2, 0.25) is 0 Å². The van der Waals surface area contributed by atoms with Crippen molar-refractivity contribution in [2.75, 3.05) is 13.9 Å². The number of unbranched alkanes of at least 4 members (excludes halogenated alkanes) is 1. The molecule has 0 fully saturated rings. The van der Waals surface area contributed by atoms with Crippen LogP contribution in [0.1, 0.15) is 53.9 Å². The second-order valence-corrected chi connectivity index (χ2v) is 5.33. The normalized spacial score (nSPS) is 14.8. The third kappa shape index (κ3) is 7.56. The van der Waals surface area contributed by atoms with Gasteiger partial charge in [-0.2, -0.15) is 0 Å². The lowest BCUT2D eigenvalue weighted by Gasteiger charge is -2.28. The van der Waals surface area contributed by atoms with Gasteiger partial charge in [-0.1, -0.05) is 45.3 Å². The summed E-state index contributed by atoms with van der Waals surface area (Å²) in [5.74, 6) is 1.03. The van der Waals surface area contributed by atoms with Crippen LogP contribution in [0.4, 0.5) is 0 Å². The van der Waals surface area contributed by atoms with Crippen LogP contribution >= 0.6 is 0 Å². The van der Waals surface area contributed by atoms with Crippen molar-refractivity contribution >= 4 is 0 Å². The van der Waals surface area contributed by atoms with Gasteiger partial charge in [0.05, 0.1) is 6.10 Å². The molecule has 2 nitrogen and oxygen atoms in total. The number of allylic oxidation sites excluding steroid dienone is 1. The molecule has 17 heavy (non-hydrogen) atoms. The molecule has 0 aliphatic carbocycles. The van der Waals surface area contributed by atoms with Crippen molar-refractivity contribution in [1.82, 2.24) is 0 Å². The maximum atomic E-state index is 5.85. The van der Waals surface area contributed by atoms with Crippen LogP contribution in [0.25, 0.3) is 0 Å². The third-order valence-electron chi connectivity index (χ3n) is 2.90. The molecule has 0 aromatic heterocycles. The Labute approximate surface area is 107 Å². The van der Waals surface area contributed by atoms with Gasteiger partial charge in [-0.3, -0.25) is 0 Å². The van der Waals surface area contributed by atoms with E-state index in [1.165, 1.54) is 24.8 Å². The monoisotopic (exact) mass is 242 g/mol. The Kier molecular flexibility index (Phi) is 9.47. The number of methoxy groups -OCH3 is 1. The molecule has 0 spiro atoms. The molecule has 102 valence electrons. The summed E-state index contributed by atoms with van der Waals surface area (Å²) in [5, 5.41) is 0. The van der Waals surface area contributed by atoms with Crippen LogP contribution in [0.15, 0.2) is 11.6 Å². The van der Waals surface area contributed by atoms with Gasteiger partial charge in [0.25, 0.3) is 0 Å². The van der Waals surface area contributed by atoms with E-state index in [1.54, 1.807) is 7.11 Å². The molecule has 0 aliphatic rings. The Morgan fingerprint density at radius 1 is 1.24 bits per heavy atom. The Balaban J connectivity index is 4.61. The summed E-state index contributed by atoms with van der Waals surface area (Å²) in [6.45, 7) is 11.4.